The molecule has 23 heavy (non-hydrogen) atoms. The highest BCUT2D eigenvalue weighted by atomic mass is 19.1. The molecule has 0 spiro atoms. The van der Waals surface area contributed by atoms with Crippen LogP contribution in [0.5, 0.6) is 0 Å². The van der Waals surface area contributed by atoms with Crippen LogP contribution in [0, 0.1) is 5.82 Å². The third-order valence-electron chi connectivity index (χ3n) is 3.59. The number of rotatable bonds is 6. The second-order valence-electron chi connectivity index (χ2n) is 5.43. The molecule has 124 valence electrons. The van der Waals surface area contributed by atoms with Gasteiger partial charge in [0, 0.05) is 26.2 Å². The van der Waals surface area contributed by atoms with E-state index in [1.54, 1.807) is 12.1 Å². The first kappa shape index (κ1) is 16.9. The van der Waals surface area contributed by atoms with Gasteiger partial charge in [0.2, 0.25) is 5.91 Å². The van der Waals surface area contributed by atoms with Crippen LogP contribution in [0.2, 0.25) is 0 Å². The van der Waals surface area contributed by atoms with Gasteiger partial charge in [0.1, 0.15) is 12.4 Å². The van der Waals surface area contributed by atoms with Crippen LogP contribution in [0.4, 0.5) is 4.39 Å². The third kappa shape index (κ3) is 4.51. The van der Waals surface area contributed by atoms with Crippen molar-refractivity contribution >= 4 is 17.7 Å². The number of benzene rings is 1. The summed E-state index contributed by atoms with van der Waals surface area (Å²) in [5.74, 6) is -1.92. The Kier molecular flexibility index (Phi) is 5.67. The Balaban J connectivity index is 1.91. The molecule has 0 radical (unpaired) electrons. The molecule has 0 unspecified atom stereocenters. The molecule has 1 saturated heterocycles. The standard InChI is InChI=1S/C16H20FN3O3/c1-2-7-18-14(21)11-20-9-8-19(15(22)16(20)23)10-12-3-5-13(17)6-4-12/h3-6H,2,7-11H2,1H3,(H,18,21). The van der Waals surface area contributed by atoms with Crippen LogP contribution in [0.25, 0.3) is 0 Å². The fourth-order valence-electron chi connectivity index (χ4n) is 2.32. The molecule has 1 N–H and O–H groups in total. The third-order valence-corrected chi connectivity index (χ3v) is 3.59. The van der Waals surface area contributed by atoms with Crippen molar-refractivity contribution in [3.63, 3.8) is 0 Å². The number of carbonyl (C=O) groups excluding carboxylic acids is 3. The Morgan fingerprint density at radius 3 is 2.39 bits per heavy atom. The van der Waals surface area contributed by atoms with Crippen LogP contribution in [0.1, 0.15) is 18.9 Å². The molecule has 1 aliphatic heterocycles. The zero-order chi connectivity index (χ0) is 16.8. The molecule has 2 rings (SSSR count). The summed E-state index contributed by atoms with van der Waals surface area (Å²) in [5, 5.41) is 2.68. The van der Waals surface area contributed by atoms with Gasteiger partial charge in [-0.05, 0) is 24.1 Å². The van der Waals surface area contributed by atoms with E-state index in [-0.39, 0.29) is 24.8 Å². The molecule has 1 aromatic rings. The minimum absolute atomic E-state index is 0.102. The van der Waals surface area contributed by atoms with Gasteiger partial charge in [0.05, 0.1) is 0 Å². The summed E-state index contributed by atoms with van der Waals surface area (Å²) in [4.78, 5) is 38.5. The SMILES string of the molecule is CCCNC(=O)CN1CCN(Cc2ccc(F)cc2)C(=O)C1=O. The zero-order valence-electron chi connectivity index (χ0n) is 13.0. The maximum Gasteiger partial charge on any atom is 0.312 e. The van der Waals surface area contributed by atoms with Crippen molar-refractivity contribution in [3.8, 4) is 0 Å². The molecule has 1 heterocycles. The van der Waals surface area contributed by atoms with Gasteiger partial charge in [-0.3, -0.25) is 14.4 Å². The van der Waals surface area contributed by atoms with Crippen LogP contribution < -0.4 is 5.32 Å². The largest absolute Gasteiger partial charge is 0.355 e. The Morgan fingerprint density at radius 2 is 1.74 bits per heavy atom. The maximum absolute atomic E-state index is 12.9. The van der Waals surface area contributed by atoms with Crippen LogP contribution >= 0.6 is 0 Å². The van der Waals surface area contributed by atoms with E-state index in [4.69, 9.17) is 0 Å². The summed E-state index contributed by atoms with van der Waals surface area (Å²) < 4.78 is 12.9. The summed E-state index contributed by atoms with van der Waals surface area (Å²) in [5.41, 5.74) is 0.752. The van der Waals surface area contributed by atoms with Crippen molar-refractivity contribution in [2.24, 2.45) is 0 Å². The number of carbonyl (C=O) groups is 3. The summed E-state index contributed by atoms with van der Waals surface area (Å²) in [7, 11) is 0. The van der Waals surface area contributed by atoms with Gasteiger partial charge in [-0.25, -0.2) is 4.39 Å². The van der Waals surface area contributed by atoms with E-state index in [9.17, 15) is 18.8 Å². The second kappa shape index (κ2) is 7.71. The zero-order valence-corrected chi connectivity index (χ0v) is 13.0. The van der Waals surface area contributed by atoms with Gasteiger partial charge >= 0.3 is 11.8 Å². The van der Waals surface area contributed by atoms with E-state index in [2.05, 4.69) is 5.32 Å². The molecule has 6 nitrogen and oxygen atoms in total. The predicted octanol–water partition coefficient (Wildman–Crippen LogP) is 0.523. The van der Waals surface area contributed by atoms with Crippen LogP contribution in [-0.2, 0) is 20.9 Å². The molecule has 3 amide bonds. The molecular formula is C16H20FN3O3. The van der Waals surface area contributed by atoms with Gasteiger partial charge in [-0.15, -0.1) is 0 Å². The Labute approximate surface area is 134 Å². The van der Waals surface area contributed by atoms with E-state index in [0.717, 1.165) is 12.0 Å². The molecule has 7 heteroatoms. The Hall–Kier alpha value is -2.44. The molecule has 0 aromatic heterocycles. The van der Waals surface area contributed by atoms with Crippen LogP contribution in [-0.4, -0.2) is 53.7 Å². The van der Waals surface area contributed by atoms with Gasteiger partial charge in [-0.2, -0.15) is 0 Å². The van der Waals surface area contributed by atoms with Crippen molar-refractivity contribution in [2.45, 2.75) is 19.9 Å². The first-order valence-electron chi connectivity index (χ1n) is 7.60. The highest BCUT2D eigenvalue weighted by molar-refractivity contribution is 6.35. The van der Waals surface area contributed by atoms with Crippen molar-refractivity contribution in [1.82, 2.24) is 15.1 Å². The lowest BCUT2D eigenvalue weighted by Gasteiger charge is -2.33. The highest BCUT2D eigenvalue weighted by Gasteiger charge is 2.33. The first-order chi connectivity index (χ1) is 11.0. The average Bonchev–Trinajstić information content (AvgIpc) is 2.54. The maximum atomic E-state index is 12.9. The lowest BCUT2D eigenvalue weighted by atomic mass is 10.2. The van der Waals surface area contributed by atoms with Crippen molar-refractivity contribution in [1.29, 1.82) is 0 Å². The number of amides is 3. The normalized spacial score (nSPS) is 15.0. The molecule has 0 bridgehead atoms. The smallest absolute Gasteiger partial charge is 0.312 e. The lowest BCUT2D eigenvalue weighted by molar-refractivity contribution is -0.157. The van der Waals surface area contributed by atoms with Gasteiger partial charge < -0.3 is 15.1 Å². The Morgan fingerprint density at radius 1 is 1.13 bits per heavy atom. The van der Waals surface area contributed by atoms with Gasteiger partial charge in [-0.1, -0.05) is 19.1 Å². The summed E-state index contributed by atoms with van der Waals surface area (Å²) in [6, 6.07) is 5.79. The number of nitrogens with zero attached hydrogens (tertiary/aromatic N) is 2. The topological polar surface area (TPSA) is 69.7 Å². The van der Waals surface area contributed by atoms with E-state index in [1.165, 1.54) is 21.9 Å². The lowest BCUT2D eigenvalue weighted by Crippen LogP contribution is -2.55. The summed E-state index contributed by atoms with van der Waals surface area (Å²) in [6.07, 6.45) is 0.810. The first-order valence-corrected chi connectivity index (χ1v) is 7.60. The fraction of sp³-hybridized carbons (Fsp3) is 0.438. The molecule has 1 aromatic carbocycles. The second-order valence-corrected chi connectivity index (χ2v) is 5.43. The molecule has 1 aliphatic rings. The fourth-order valence-corrected chi connectivity index (χ4v) is 2.32. The summed E-state index contributed by atoms with van der Waals surface area (Å²) >= 11 is 0. The predicted molar refractivity (Wildman–Crippen MR) is 81.7 cm³/mol. The number of nitrogens with one attached hydrogen (secondary N) is 1. The molecule has 0 aliphatic carbocycles. The number of hydrogen-bond acceptors (Lipinski definition) is 3. The highest BCUT2D eigenvalue weighted by Crippen LogP contribution is 2.11. The van der Waals surface area contributed by atoms with Gasteiger partial charge in [0.15, 0.2) is 0 Å². The van der Waals surface area contributed by atoms with Gasteiger partial charge in [0.25, 0.3) is 0 Å². The molecule has 1 fully saturated rings. The van der Waals surface area contributed by atoms with Crippen molar-refractivity contribution in [3.05, 3.63) is 35.6 Å². The monoisotopic (exact) mass is 321 g/mol. The Bertz CT molecular complexity index is 589. The van der Waals surface area contributed by atoms with Crippen molar-refractivity contribution < 1.29 is 18.8 Å². The van der Waals surface area contributed by atoms with E-state index >= 15 is 0 Å². The molecule has 0 atom stereocenters. The van der Waals surface area contributed by atoms with E-state index < -0.39 is 11.8 Å². The van der Waals surface area contributed by atoms with Crippen LogP contribution in [0.3, 0.4) is 0 Å². The minimum Gasteiger partial charge on any atom is -0.355 e. The number of hydrogen-bond donors (Lipinski definition) is 1. The molecular weight excluding hydrogens is 301 g/mol. The van der Waals surface area contributed by atoms with Crippen LogP contribution in [0.15, 0.2) is 24.3 Å². The van der Waals surface area contributed by atoms with E-state index in [0.29, 0.717) is 19.6 Å². The number of halogens is 1. The molecule has 0 saturated carbocycles. The number of piperazine rings is 1. The van der Waals surface area contributed by atoms with E-state index in [1.807, 2.05) is 6.92 Å². The quantitative estimate of drug-likeness (QED) is 0.777. The summed E-state index contributed by atoms with van der Waals surface area (Å²) in [6.45, 7) is 3.29. The average molecular weight is 321 g/mol. The minimum atomic E-state index is -0.676. The van der Waals surface area contributed by atoms with Crippen molar-refractivity contribution in [2.75, 3.05) is 26.2 Å².